The fourth-order valence-corrected chi connectivity index (χ4v) is 4.33. The molecule has 36 heavy (non-hydrogen) atoms. The van der Waals surface area contributed by atoms with Crippen LogP contribution < -0.4 is 10.6 Å². The zero-order valence-electron chi connectivity index (χ0n) is 20.4. The van der Waals surface area contributed by atoms with Gasteiger partial charge in [0.25, 0.3) is 0 Å². The Morgan fingerprint density at radius 2 is 1.89 bits per heavy atom. The fraction of sp³-hybridized carbons (Fsp3) is 0.333. The normalized spacial score (nSPS) is 14.3. The lowest BCUT2D eigenvalue weighted by Crippen LogP contribution is -2.29. The standard InChI is InChI=1S/C27H30N6O3/c1-17(2)23-16-29-33-24(23)31-26(30-22-10-12-36-13-11-22)32-27(33)28-15-18-6-8-19(9-7-18)20-4-3-5-21(14-20)25(34)35/h3-9,14,16-17,22H,10-13,15H2,1-2H3,(H,34,35)(H2,28,30,31,32). The van der Waals surface area contributed by atoms with E-state index in [1.165, 1.54) is 0 Å². The lowest BCUT2D eigenvalue weighted by atomic mass is 10.0. The third kappa shape index (κ3) is 5.16. The number of hydrogen-bond acceptors (Lipinski definition) is 7. The van der Waals surface area contributed by atoms with Gasteiger partial charge in [-0.3, -0.25) is 0 Å². The molecule has 1 aliphatic rings. The predicted octanol–water partition coefficient (Wildman–Crippen LogP) is 4.82. The van der Waals surface area contributed by atoms with Crippen LogP contribution in [0.15, 0.2) is 54.7 Å². The van der Waals surface area contributed by atoms with Crippen molar-refractivity contribution in [2.75, 3.05) is 23.8 Å². The smallest absolute Gasteiger partial charge is 0.335 e. The number of ether oxygens (including phenoxy) is 1. The van der Waals surface area contributed by atoms with Gasteiger partial charge in [-0.15, -0.1) is 0 Å². The molecule has 0 saturated carbocycles. The topological polar surface area (TPSA) is 114 Å². The number of carboxylic acids is 1. The Hall–Kier alpha value is -3.98. The van der Waals surface area contributed by atoms with Gasteiger partial charge in [-0.1, -0.05) is 50.2 Å². The number of anilines is 2. The fourth-order valence-electron chi connectivity index (χ4n) is 4.33. The Morgan fingerprint density at radius 1 is 1.11 bits per heavy atom. The molecule has 0 spiro atoms. The minimum Gasteiger partial charge on any atom is -0.478 e. The molecule has 1 aliphatic heterocycles. The third-order valence-corrected chi connectivity index (χ3v) is 6.42. The van der Waals surface area contributed by atoms with Crippen molar-refractivity contribution in [3.8, 4) is 11.1 Å². The molecule has 9 nitrogen and oxygen atoms in total. The van der Waals surface area contributed by atoms with Gasteiger partial charge in [0.1, 0.15) is 0 Å². The van der Waals surface area contributed by atoms with Gasteiger partial charge < -0.3 is 20.5 Å². The van der Waals surface area contributed by atoms with E-state index in [-0.39, 0.29) is 17.5 Å². The van der Waals surface area contributed by atoms with Crippen molar-refractivity contribution in [3.05, 3.63) is 71.4 Å². The van der Waals surface area contributed by atoms with E-state index in [0.717, 1.165) is 54.0 Å². The van der Waals surface area contributed by atoms with Crippen LogP contribution >= 0.6 is 0 Å². The van der Waals surface area contributed by atoms with Gasteiger partial charge in [0.15, 0.2) is 5.65 Å². The number of aromatic carboxylic acids is 1. The first-order valence-corrected chi connectivity index (χ1v) is 12.2. The van der Waals surface area contributed by atoms with E-state index >= 15 is 0 Å². The van der Waals surface area contributed by atoms with Crippen LogP contribution in [0.4, 0.5) is 11.9 Å². The second kappa shape index (κ2) is 10.3. The number of nitrogens with zero attached hydrogens (tertiary/aromatic N) is 4. The third-order valence-electron chi connectivity index (χ3n) is 6.42. The second-order valence-electron chi connectivity index (χ2n) is 9.33. The van der Waals surface area contributed by atoms with Crippen LogP contribution in [0.5, 0.6) is 0 Å². The summed E-state index contributed by atoms with van der Waals surface area (Å²) in [6.45, 7) is 6.29. The number of benzene rings is 2. The molecule has 3 N–H and O–H groups in total. The summed E-state index contributed by atoms with van der Waals surface area (Å²) in [6.07, 6.45) is 3.71. The van der Waals surface area contributed by atoms with Gasteiger partial charge in [-0.25, -0.2) is 4.79 Å². The number of carbonyl (C=O) groups is 1. The monoisotopic (exact) mass is 486 g/mol. The first-order valence-electron chi connectivity index (χ1n) is 12.2. The summed E-state index contributed by atoms with van der Waals surface area (Å²) in [5.74, 6) is 0.569. The van der Waals surface area contributed by atoms with Crippen molar-refractivity contribution in [2.45, 2.75) is 45.2 Å². The molecule has 0 amide bonds. The molecule has 1 saturated heterocycles. The van der Waals surface area contributed by atoms with Crippen molar-refractivity contribution in [1.82, 2.24) is 19.6 Å². The molecular weight excluding hydrogens is 456 g/mol. The highest BCUT2D eigenvalue weighted by Crippen LogP contribution is 2.24. The van der Waals surface area contributed by atoms with Gasteiger partial charge in [-0.05, 0) is 47.6 Å². The van der Waals surface area contributed by atoms with Crippen LogP contribution in [0.3, 0.4) is 0 Å². The summed E-state index contributed by atoms with van der Waals surface area (Å²) >= 11 is 0. The zero-order valence-corrected chi connectivity index (χ0v) is 20.4. The van der Waals surface area contributed by atoms with Crippen LogP contribution in [0.2, 0.25) is 0 Å². The highest BCUT2D eigenvalue weighted by molar-refractivity contribution is 5.89. The van der Waals surface area contributed by atoms with Crippen LogP contribution in [-0.4, -0.2) is 49.9 Å². The van der Waals surface area contributed by atoms with Crippen molar-refractivity contribution < 1.29 is 14.6 Å². The van der Waals surface area contributed by atoms with E-state index in [2.05, 4.69) is 29.6 Å². The zero-order chi connectivity index (χ0) is 25.1. The quantitative estimate of drug-likeness (QED) is 0.325. The van der Waals surface area contributed by atoms with Gasteiger partial charge >= 0.3 is 5.97 Å². The summed E-state index contributed by atoms with van der Waals surface area (Å²) in [5, 5.41) is 20.7. The Bertz CT molecular complexity index is 1360. The molecule has 186 valence electrons. The average molecular weight is 487 g/mol. The molecular formula is C27H30N6O3. The van der Waals surface area contributed by atoms with Gasteiger partial charge in [0, 0.05) is 31.4 Å². The summed E-state index contributed by atoms with van der Waals surface area (Å²) in [7, 11) is 0. The first-order chi connectivity index (χ1) is 17.5. The van der Waals surface area contributed by atoms with E-state index in [4.69, 9.17) is 14.7 Å². The van der Waals surface area contributed by atoms with Crippen LogP contribution in [0.1, 0.15) is 54.1 Å². The van der Waals surface area contributed by atoms with Crippen molar-refractivity contribution in [2.24, 2.45) is 0 Å². The van der Waals surface area contributed by atoms with E-state index in [1.54, 1.807) is 22.7 Å². The maximum atomic E-state index is 11.3. The summed E-state index contributed by atoms with van der Waals surface area (Å²) in [4.78, 5) is 20.8. The maximum absolute atomic E-state index is 11.3. The largest absolute Gasteiger partial charge is 0.478 e. The number of carboxylic acid groups (broad SMARTS) is 1. The summed E-state index contributed by atoms with van der Waals surface area (Å²) in [5.41, 5.74) is 5.04. The summed E-state index contributed by atoms with van der Waals surface area (Å²) in [6, 6.07) is 15.3. The molecule has 4 aromatic rings. The molecule has 5 rings (SSSR count). The second-order valence-corrected chi connectivity index (χ2v) is 9.33. The molecule has 0 unspecified atom stereocenters. The summed E-state index contributed by atoms with van der Waals surface area (Å²) < 4.78 is 7.24. The predicted molar refractivity (Wildman–Crippen MR) is 138 cm³/mol. The molecule has 2 aromatic carbocycles. The average Bonchev–Trinajstić information content (AvgIpc) is 3.33. The SMILES string of the molecule is CC(C)c1cnn2c(NCc3ccc(-c4cccc(C(=O)O)c4)cc3)nc(NC3CCOCC3)nc12. The number of hydrogen-bond donors (Lipinski definition) is 3. The highest BCUT2D eigenvalue weighted by atomic mass is 16.5. The molecule has 1 fully saturated rings. The van der Waals surface area contributed by atoms with Gasteiger partial charge in [-0.2, -0.15) is 19.6 Å². The first kappa shape index (κ1) is 23.7. The number of fused-ring (bicyclic) bond motifs is 1. The minimum atomic E-state index is -0.932. The van der Waals surface area contributed by atoms with E-state index in [0.29, 0.717) is 18.4 Å². The number of nitrogens with one attached hydrogen (secondary N) is 2. The van der Waals surface area contributed by atoms with E-state index in [1.807, 2.05) is 36.5 Å². The molecule has 0 bridgehead atoms. The van der Waals surface area contributed by atoms with Gasteiger partial charge in [0.05, 0.1) is 11.8 Å². The van der Waals surface area contributed by atoms with E-state index in [9.17, 15) is 9.90 Å². The Kier molecular flexibility index (Phi) is 6.81. The lowest BCUT2D eigenvalue weighted by Gasteiger charge is -2.23. The molecule has 0 atom stereocenters. The molecule has 0 aliphatic carbocycles. The Morgan fingerprint density at radius 3 is 2.61 bits per heavy atom. The van der Waals surface area contributed by atoms with Crippen LogP contribution in [0.25, 0.3) is 16.8 Å². The molecule has 2 aromatic heterocycles. The van der Waals surface area contributed by atoms with Crippen molar-refractivity contribution in [1.29, 1.82) is 0 Å². The molecule has 9 heteroatoms. The maximum Gasteiger partial charge on any atom is 0.335 e. The van der Waals surface area contributed by atoms with Crippen LogP contribution in [-0.2, 0) is 11.3 Å². The van der Waals surface area contributed by atoms with Gasteiger partial charge in [0.2, 0.25) is 11.9 Å². The van der Waals surface area contributed by atoms with Crippen molar-refractivity contribution in [3.63, 3.8) is 0 Å². The Labute approximate surface area is 209 Å². The lowest BCUT2D eigenvalue weighted by molar-refractivity contribution is 0.0697. The molecule has 3 heterocycles. The Balaban J connectivity index is 1.36. The van der Waals surface area contributed by atoms with Crippen LogP contribution in [0, 0.1) is 0 Å². The number of rotatable bonds is 8. The minimum absolute atomic E-state index is 0.274. The number of aromatic nitrogens is 4. The van der Waals surface area contributed by atoms with Crippen molar-refractivity contribution >= 4 is 23.5 Å². The highest BCUT2D eigenvalue weighted by Gasteiger charge is 2.19. The molecule has 0 radical (unpaired) electrons. The van der Waals surface area contributed by atoms with E-state index < -0.39 is 5.97 Å².